The van der Waals surface area contributed by atoms with E-state index in [1.807, 2.05) is 24.3 Å². The molecule has 21 heavy (non-hydrogen) atoms. The molecule has 0 aliphatic carbocycles. The summed E-state index contributed by atoms with van der Waals surface area (Å²) in [6, 6.07) is 7.36. The number of nitrogens with zero attached hydrogens (tertiary/aromatic N) is 1. The molecule has 112 valence electrons. The highest BCUT2D eigenvalue weighted by molar-refractivity contribution is 9.10. The summed E-state index contributed by atoms with van der Waals surface area (Å²) in [5.41, 5.74) is 0.814. The van der Waals surface area contributed by atoms with Crippen LogP contribution in [-0.2, 0) is 14.9 Å². The van der Waals surface area contributed by atoms with Crippen molar-refractivity contribution in [2.75, 3.05) is 12.3 Å². The Hall–Kier alpha value is -0.740. The van der Waals surface area contributed by atoms with E-state index >= 15 is 0 Å². The van der Waals surface area contributed by atoms with Crippen LogP contribution in [0.25, 0.3) is 6.08 Å². The summed E-state index contributed by atoms with van der Waals surface area (Å²) in [5, 5.41) is 0. The van der Waals surface area contributed by atoms with Crippen molar-refractivity contribution < 1.29 is 17.8 Å². The van der Waals surface area contributed by atoms with Gasteiger partial charge in [-0.25, -0.2) is 8.42 Å². The number of thioether (sulfide) groups is 1. The molecule has 0 unspecified atom stereocenters. The van der Waals surface area contributed by atoms with Crippen molar-refractivity contribution in [3.05, 3.63) is 39.2 Å². The van der Waals surface area contributed by atoms with E-state index in [-0.39, 0.29) is 16.8 Å². The van der Waals surface area contributed by atoms with Crippen LogP contribution < -0.4 is 0 Å². The normalized spacial score (nSPS) is 17.8. The lowest BCUT2D eigenvalue weighted by molar-refractivity contribution is -0.121. The van der Waals surface area contributed by atoms with E-state index in [1.165, 1.54) is 0 Å². The van der Waals surface area contributed by atoms with Crippen LogP contribution >= 0.6 is 39.9 Å². The van der Waals surface area contributed by atoms with Crippen molar-refractivity contribution in [3.63, 3.8) is 0 Å². The lowest BCUT2D eigenvalue weighted by atomic mass is 10.2. The quantitative estimate of drug-likeness (QED) is 0.433. The summed E-state index contributed by atoms with van der Waals surface area (Å²) in [5.74, 6) is -1.04. The first-order chi connectivity index (χ1) is 9.78. The Kier molecular flexibility index (Phi) is 5.20. The molecule has 1 aromatic rings. The van der Waals surface area contributed by atoms with E-state index < -0.39 is 15.9 Å². The Balaban J connectivity index is 2.20. The van der Waals surface area contributed by atoms with Crippen LogP contribution in [0.2, 0.25) is 0 Å². The monoisotopic (exact) mass is 406 g/mol. The molecule has 1 amide bonds. The Morgan fingerprint density at radius 3 is 2.67 bits per heavy atom. The highest BCUT2D eigenvalue weighted by Gasteiger charge is 2.32. The predicted molar refractivity (Wildman–Crippen MR) is 88.6 cm³/mol. The van der Waals surface area contributed by atoms with Crippen LogP contribution in [0.3, 0.4) is 0 Å². The maximum absolute atomic E-state index is 12.2. The third-order valence-electron chi connectivity index (χ3n) is 2.63. The molecule has 1 saturated heterocycles. The average molecular weight is 407 g/mol. The molecule has 0 atom stereocenters. The number of thiocarbonyl (C=S) groups is 1. The molecule has 2 rings (SSSR count). The van der Waals surface area contributed by atoms with Gasteiger partial charge in [0, 0.05) is 11.0 Å². The topological polar surface area (TPSA) is 77.5 Å². The van der Waals surface area contributed by atoms with Crippen molar-refractivity contribution in [1.82, 2.24) is 4.90 Å². The standard InChI is InChI=1S/C12H10BrNO4S3/c13-9-4-2-1-3-8(9)7-10-11(15)14(12(19)20-10)5-6-21(16,17)18/h1-4,7H,5-6H2,(H,16,17,18)/p-1/b10-7+. The van der Waals surface area contributed by atoms with Gasteiger partial charge in [0.2, 0.25) is 0 Å². The second-order valence-electron chi connectivity index (χ2n) is 4.12. The Bertz CT molecular complexity index is 730. The van der Waals surface area contributed by atoms with Crippen molar-refractivity contribution in [2.45, 2.75) is 0 Å². The van der Waals surface area contributed by atoms with E-state index in [4.69, 9.17) is 12.2 Å². The van der Waals surface area contributed by atoms with Gasteiger partial charge in [-0.1, -0.05) is 58.1 Å². The molecule has 9 heteroatoms. The Morgan fingerprint density at radius 2 is 2.05 bits per heavy atom. The molecule has 0 saturated carbocycles. The molecule has 0 bridgehead atoms. The first kappa shape index (κ1) is 16.6. The summed E-state index contributed by atoms with van der Waals surface area (Å²) in [4.78, 5) is 13.7. The fourth-order valence-corrected chi connectivity index (χ4v) is 3.73. The zero-order chi connectivity index (χ0) is 15.6. The van der Waals surface area contributed by atoms with Gasteiger partial charge in [0.05, 0.1) is 20.8 Å². The maximum atomic E-state index is 12.2. The third kappa shape index (κ3) is 4.36. The van der Waals surface area contributed by atoms with Gasteiger partial charge in [0.15, 0.2) is 0 Å². The molecular weight excluding hydrogens is 398 g/mol. The summed E-state index contributed by atoms with van der Waals surface area (Å²) < 4.78 is 33.0. The summed E-state index contributed by atoms with van der Waals surface area (Å²) >= 11 is 9.52. The van der Waals surface area contributed by atoms with E-state index in [1.54, 1.807) is 6.08 Å². The van der Waals surface area contributed by atoms with Crippen LogP contribution in [0.4, 0.5) is 0 Å². The molecule has 1 heterocycles. The summed E-state index contributed by atoms with van der Waals surface area (Å²) in [7, 11) is -4.38. The zero-order valence-corrected chi connectivity index (χ0v) is 14.5. The number of carbonyl (C=O) groups excluding carboxylic acids is 1. The molecular formula is C12H9BrNO4S3-. The van der Waals surface area contributed by atoms with E-state index in [2.05, 4.69) is 15.9 Å². The highest BCUT2D eigenvalue weighted by atomic mass is 79.9. The van der Waals surface area contributed by atoms with Crippen LogP contribution in [0, 0.1) is 0 Å². The number of halogens is 1. The fraction of sp³-hybridized carbons (Fsp3) is 0.167. The van der Waals surface area contributed by atoms with Crippen LogP contribution in [0.15, 0.2) is 33.6 Å². The first-order valence-electron chi connectivity index (χ1n) is 5.71. The minimum Gasteiger partial charge on any atom is -0.748 e. The molecule has 0 N–H and O–H groups in total. The molecule has 1 aromatic carbocycles. The van der Waals surface area contributed by atoms with Gasteiger partial charge in [0.1, 0.15) is 4.32 Å². The molecule has 0 spiro atoms. The van der Waals surface area contributed by atoms with E-state index in [0.29, 0.717) is 4.91 Å². The third-order valence-corrected chi connectivity index (χ3v) is 5.41. The van der Waals surface area contributed by atoms with Crippen LogP contribution in [-0.4, -0.2) is 40.4 Å². The number of hydrogen-bond acceptors (Lipinski definition) is 6. The molecule has 1 fully saturated rings. The van der Waals surface area contributed by atoms with Gasteiger partial charge in [-0.2, -0.15) is 0 Å². The van der Waals surface area contributed by atoms with Gasteiger partial charge in [-0.05, 0) is 17.7 Å². The zero-order valence-electron chi connectivity index (χ0n) is 10.5. The predicted octanol–water partition coefficient (Wildman–Crippen LogP) is 2.20. The molecule has 0 radical (unpaired) electrons. The van der Waals surface area contributed by atoms with Crippen LogP contribution in [0.5, 0.6) is 0 Å². The lowest BCUT2D eigenvalue weighted by Crippen LogP contribution is -2.32. The maximum Gasteiger partial charge on any atom is 0.266 e. The largest absolute Gasteiger partial charge is 0.748 e. The van der Waals surface area contributed by atoms with E-state index in [9.17, 15) is 17.8 Å². The number of hydrogen-bond donors (Lipinski definition) is 0. The number of rotatable bonds is 4. The first-order valence-corrected chi connectivity index (χ1v) is 9.31. The second-order valence-corrected chi connectivity index (χ2v) is 8.17. The van der Waals surface area contributed by atoms with Gasteiger partial charge < -0.3 is 4.55 Å². The Labute approximate surface area is 140 Å². The van der Waals surface area contributed by atoms with Gasteiger partial charge in [-0.3, -0.25) is 9.69 Å². The second kappa shape index (κ2) is 6.57. The Morgan fingerprint density at radius 1 is 1.38 bits per heavy atom. The molecule has 1 aliphatic rings. The van der Waals surface area contributed by atoms with Gasteiger partial charge >= 0.3 is 0 Å². The van der Waals surface area contributed by atoms with Crippen molar-refractivity contribution in [3.8, 4) is 0 Å². The van der Waals surface area contributed by atoms with Crippen LogP contribution in [0.1, 0.15) is 5.56 Å². The van der Waals surface area contributed by atoms with Crippen molar-refractivity contribution >= 4 is 66.3 Å². The summed E-state index contributed by atoms with van der Waals surface area (Å²) in [6.45, 7) is -0.218. The van der Waals surface area contributed by atoms with Crippen molar-refractivity contribution in [2.24, 2.45) is 0 Å². The van der Waals surface area contributed by atoms with Gasteiger partial charge in [0.25, 0.3) is 5.91 Å². The number of amides is 1. The molecule has 0 aromatic heterocycles. The molecule has 5 nitrogen and oxygen atoms in total. The lowest BCUT2D eigenvalue weighted by Gasteiger charge is -2.15. The number of benzene rings is 1. The average Bonchev–Trinajstić information content (AvgIpc) is 2.64. The summed E-state index contributed by atoms with van der Waals surface area (Å²) in [6.07, 6.45) is 1.68. The molecule has 1 aliphatic heterocycles. The fourth-order valence-electron chi connectivity index (χ4n) is 1.63. The minimum atomic E-state index is -4.38. The minimum absolute atomic E-state index is 0.218. The number of carbonyl (C=O) groups is 1. The van der Waals surface area contributed by atoms with Gasteiger partial charge in [-0.15, -0.1) is 0 Å². The van der Waals surface area contributed by atoms with E-state index in [0.717, 1.165) is 26.7 Å². The SMILES string of the molecule is O=C1/C(=C\c2ccccc2Br)SC(=S)N1CCS(=O)(=O)[O-]. The highest BCUT2D eigenvalue weighted by Crippen LogP contribution is 2.33. The smallest absolute Gasteiger partial charge is 0.266 e. The van der Waals surface area contributed by atoms with Crippen molar-refractivity contribution in [1.29, 1.82) is 0 Å².